The van der Waals surface area contributed by atoms with Crippen LogP contribution in [0.4, 0.5) is 0 Å². The molecule has 0 saturated heterocycles. The van der Waals surface area contributed by atoms with E-state index in [2.05, 4.69) is 9.72 Å². The van der Waals surface area contributed by atoms with Crippen LogP contribution in [0.2, 0.25) is 0 Å². The number of ketones is 1. The summed E-state index contributed by atoms with van der Waals surface area (Å²) in [6, 6.07) is 3.63. The molecule has 5 nitrogen and oxygen atoms in total. The lowest BCUT2D eigenvalue weighted by Crippen LogP contribution is -2.06. The molecule has 2 aromatic rings. The maximum absolute atomic E-state index is 11.6. The SMILES string of the molecule is CCc1ccc(-c2nc(C(=O)OC)c(C(C)=O)s2)o1. The zero-order valence-electron chi connectivity index (χ0n) is 10.9. The number of Topliss-reactive ketones (excluding diaryl/α,β-unsaturated/α-hetero) is 1. The quantitative estimate of drug-likeness (QED) is 0.635. The van der Waals surface area contributed by atoms with Crippen molar-refractivity contribution in [3.05, 3.63) is 28.5 Å². The maximum atomic E-state index is 11.6. The number of ether oxygens (including phenoxy) is 1. The number of aryl methyl sites for hydroxylation is 1. The normalized spacial score (nSPS) is 10.5. The Kier molecular flexibility index (Phi) is 3.80. The van der Waals surface area contributed by atoms with Gasteiger partial charge in [-0.2, -0.15) is 0 Å². The van der Waals surface area contributed by atoms with Gasteiger partial charge in [0, 0.05) is 13.3 Å². The largest absolute Gasteiger partial charge is 0.464 e. The van der Waals surface area contributed by atoms with Crippen molar-refractivity contribution in [3.8, 4) is 10.8 Å². The maximum Gasteiger partial charge on any atom is 0.358 e. The number of thiazole rings is 1. The van der Waals surface area contributed by atoms with Gasteiger partial charge in [-0.25, -0.2) is 9.78 Å². The second-order valence-corrected chi connectivity index (χ2v) is 4.86. The number of nitrogens with zero attached hydrogens (tertiary/aromatic N) is 1. The van der Waals surface area contributed by atoms with Gasteiger partial charge in [0.2, 0.25) is 0 Å². The number of carbonyl (C=O) groups is 2. The third kappa shape index (κ3) is 2.58. The van der Waals surface area contributed by atoms with Gasteiger partial charge < -0.3 is 9.15 Å². The van der Waals surface area contributed by atoms with E-state index >= 15 is 0 Å². The molecule has 0 radical (unpaired) electrons. The first-order valence-electron chi connectivity index (χ1n) is 5.76. The minimum Gasteiger partial charge on any atom is -0.464 e. The Hall–Kier alpha value is -1.95. The number of esters is 1. The summed E-state index contributed by atoms with van der Waals surface area (Å²) < 4.78 is 10.2. The van der Waals surface area contributed by atoms with Gasteiger partial charge in [0.1, 0.15) is 10.6 Å². The summed E-state index contributed by atoms with van der Waals surface area (Å²) in [4.78, 5) is 27.5. The van der Waals surface area contributed by atoms with Gasteiger partial charge in [-0.3, -0.25) is 4.79 Å². The first-order valence-corrected chi connectivity index (χ1v) is 6.57. The molecule has 0 aliphatic rings. The van der Waals surface area contributed by atoms with Crippen LogP contribution in [0.5, 0.6) is 0 Å². The van der Waals surface area contributed by atoms with Crippen molar-refractivity contribution < 1.29 is 18.7 Å². The summed E-state index contributed by atoms with van der Waals surface area (Å²) in [5.41, 5.74) is 0.0458. The number of carbonyl (C=O) groups excluding carboxylic acids is 2. The van der Waals surface area contributed by atoms with E-state index in [1.807, 2.05) is 13.0 Å². The molecule has 0 N–H and O–H groups in total. The predicted octanol–water partition coefficient (Wildman–Crippen LogP) is 2.95. The Morgan fingerprint density at radius 3 is 2.68 bits per heavy atom. The molecule has 0 aliphatic heterocycles. The second kappa shape index (κ2) is 5.36. The molecule has 0 fully saturated rings. The number of aromatic nitrogens is 1. The molecule has 0 amide bonds. The molecule has 2 heterocycles. The Balaban J connectivity index is 2.48. The van der Waals surface area contributed by atoms with Crippen LogP contribution in [0, 0.1) is 0 Å². The summed E-state index contributed by atoms with van der Waals surface area (Å²) in [6.07, 6.45) is 0.773. The van der Waals surface area contributed by atoms with Gasteiger partial charge in [0.25, 0.3) is 0 Å². The highest BCUT2D eigenvalue weighted by atomic mass is 32.1. The lowest BCUT2D eigenvalue weighted by molar-refractivity contribution is 0.0591. The van der Waals surface area contributed by atoms with E-state index in [-0.39, 0.29) is 16.4 Å². The van der Waals surface area contributed by atoms with E-state index in [9.17, 15) is 9.59 Å². The zero-order chi connectivity index (χ0) is 14.0. The Morgan fingerprint density at radius 2 is 2.16 bits per heavy atom. The highest BCUT2D eigenvalue weighted by Crippen LogP contribution is 2.30. The molecular weight excluding hydrogens is 266 g/mol. The van der Waals surface area contributed by atoms with Crippen molar-refractivity contribution in [2.75, 3.05) is 7.11 Å². The summed E-state index contributed by atoms with van der Waals surface area (Å²) in [6.45, 7) is 3.37. The van der Waals surface area contributed by atoms with Crippen LogP contribution in [-0.2, 0) is 11.2 Å². The molecule has 100 valence electrons. The molecule has 0 aliphatic carbocycles. The summed E-state index contributed by atoms with van der Waals surface area (Å²) in [5, 5.41) is 0.505. The van der Waals surface area contributed by atoms with E-state index < -0.39 is 5.97 Å². The van der Waals surface area contributed by atoms with Crippen molar-refractivity contribution in [1.29, 1.82) is 0 Å². The molecule has 0 bridgehead atoms. The van der Waals surface area contributed by atoms with Crippen molar-refractivity contribution in [3.63, 3.8) is 0 Å². The predicted molar refractivity (Wildman–Crippen MR) is 70.5 cm³/mol. The monoisotopic (exact) mass is 279 g/mol. The Labute approximate surface area is 114 Å². The molecule has 6 heteroatoms. The van der Waals surface area contributed by atoms with Gasteiger partial charge in [-0.15, -0.1) is 11.3 Å². The minimum atomic E-state index is -0.616. The lowest BCUT2D eigenvalue weighted by Gasteiger charge is -1.95. The Bertz CT molecular complexity index is 626. The summed E-state index contributed by atoms with van der Waals surface area (Å²) in [7, 11) is 1.26. The topological polar surface area (TPSA) is 69.4 Å². The second-order valence-electron chi connectivity index (χ2n) is 3.86. The summed E-state index contributed by atoms with van der Waals surface area (Å²) in [5.74, 6) is 0.551. The molecule has 0 aromatic carbocycles. The standard InChI is InChI=1S/C13H13NO4S/c1-4-8-5-6-9(18-8)12-14-10(13(16)17-3)11(19-12)7(2)15/h5-6H,4H2,1-3H3. The van der Waals surface area contributed by atoms with Gasteiger partial charge in [0.05, 0.1) is 7.11 Å². The average molecular weight is 279 g/mol. The van der Waals surface area contributed by atoms with Crippen LogP contribution in [0.3, 0.4) is 0 Å². The van der Waals surface area contributed by atoms with Gasteiger partial charge in [0.15, 0.2) is 22.2 Å². The third-order valence-corrected chi connectivity index (χ3v) is 3.72. The van der Waals surface area contributed by atoms with Crippen LogP contribution in [0.15, 0.2) is 16.5 Å². The van der Waals surface area contributed by atoms with Crippen LogP contribution >= 0.6 is 11.3 Å². The molecule has 0 saturated carbocycles. The van der Waals surface area contributed by atoms with Crippen LogP contribution in [0.1, 0.15) is 39.8 Å². The molecule has 2 rings (SSSR count). The highest BCUT2D eigenvalue weighted by Gasteiger charge is 2.23. The van der Waals surface area contributed by atoms with E-state index in [1.54, 1.807) is 6.07 Å². The van der Waals surface area contributed by atoms with Crippen molar-refractivity contribution in [2.24, 2.45) is 0 Å². The third-order valence-electron chi connectivity index (χ3n) is 2.55. The minimum absolute atomic E-state index is 0.0458. The fraction of sp³-hybridized carbons (Fsp3) is 0.308. The van der Waals surface area contributed by atoms with E-state index in [4.69, 9.17) is 4.42 Å². The van der Waals surface area contributed by atoms with Crippen molar-refractivity contribution in [1.82, 2.24) is 4.98 Å². The van der Waals surface area contributed by atoms with Crippen molar-refractivity contribution >= 4 is 23.1 Å². The number of furan rings is 1. The van der Waals surface area contributed by atoms with Gasteiger partial charge in [-0.1, -0.05) is 6.92 Å². The first kappa shape index (κ1) is 13.5. The fourth-order valence-corrected chi connectivity index (χ4v) is 2.49. The average Bonchev–Trinajstić information content (AvgIpc) is 3.03. The Morgan fingerprint density at radius 1 is 1.42 bits per heavy atom. The zero-order valence-corrected chi connectivity index (χ0v) is 11.7. The fourth-order valence-electron chi connectivity index (χ4n) is 1.58. The van der Waals surface area contributed by atoms with E-state index in [1.165, 1.54) is 14.0 Å². The molecule has 19 heavy (non-hydrogen) atoms. The summed E-state index contributed by atoms with van der Waals surface area (Å²) >= 11 is 1.13. The molecule has 2 aromatic heterocycles. The van der Waals surface area contributed by atoms with Gasteiger partial charge in [-0.05, 0) is 12.1 Å². The smallest absolute Gasteiger partial charge is 0.358 e. The van der Waals surface area contributed by atoms with Crippen LogP contribution in [-0.4, -0.2) is 23.8 Å². The number of hydrogen-bond donors (Lipinski definition) is 0. The number of rotatable bonds is 4. The van der Waals surface area contributed by atoms with Crippen LogP contribution < -0.4 is 0 Å². The lowest BCUT2D eigenvalue weighted by atomic mass is 10.3. The number of methoxy groups -OCH3 is 1. The van der Waals surface area contributed by atoms with E-state index in [0.717, 1.165) is 23.5 Å². The van der Waals surface area contributed by atoms with Crippen molar-refractivity contribution in [2.45, 2.75) is 20.3 Å². The van der Waals surface area contributed by atoms with Crippen LogP contribution in [0.25, 0.3) is 10.8 Å². The molecule has 0 spiro atoms. The van der Waals surface area contributed by atoms with Gasteiger partial charge >= 0.3 is 5.97 Å². The highest BCUT2D eigenvalue weighted by molar-refractivity contribution is 7.17. The molecule has 0 atom stereocenters. The van der Waals surface area contributed by atoms with E-state index in [0.29, 0.717) is 10.8 Å². The molecular formula is C13H13NO4S. The molecule has 0 unspecified atom stereocenters. The number of hydrogen-bond acceptors (Lipinski definition) is 6. The first-order chi connectivity index (χ1) is 9.06.